The number of pyridine rings is 2. The molecule has 26 heavy (non-hydrogen) atoms. The van der Waals surface area contributed by atoms with Crippen molar-refractivity contribution in [1.82, 2.24) is 15.3 Å². The zero-order valence-electron chi connectivity index (χ0n) is 14.9. The van der Waals surface area contributed by atoms with Gasteiger partial charge in [0.1, 0.15) is 5.82 Å². The average molecular weight is 411 g/mol. The van der Waals surface area contributed by atoms with Crippen LogP contribution in [0.5, 0.6) is 0 Å². The molecule has 1 fully saturated rings. The molecule has 3 aromatic rings. The fraction of sp³-hybridized carbons (Fsp3) is 0.238. The maximum atomic E-state index is 4.79. The molecule has 1 aromatic carbocycles. The molecule has 2 aromatic heterocycles. The summed E-state index contributed by atoms with van der Waals surface area (Å²) in [5.74, 6) is 1.04. The zero-order valence-corrected chi connectivity index (χ0v) is 16.5. The zero-order chi connectivity index (χ0) is 18.2. The lowest BCUT2D eigenvalue weighted by Gasteiger charge is -2.28. The molecule has 0 radical (unpaired) electrons. The molecule has 0 saturated carbocycles. The molecule has 3 heterocycles. The lowest BCUT2D eigenvalue weighted by Crippen LogP contribution is -2.43. The SMILES string of the molecule is Brc1ccc(N2CCNCC2)nc1-c1ccncc1.Cc1ccccc1. The quantitative estimate of drug-likeness (QED) is 0.683. The van der Waals surface area contributed by atoms with Gasteiger partial charge in [-0.05, 0) is 47.1 Å². The van der Waals surface area contributed by atoms with Crippen LogP contribution in [-0.4, -0.2) is 36.1 Å². The Balaban J connectivity index is 0.000000236. The number of hydrogen-bond acceptors (Lipinski definition) is 4. The van der Waals surface area contributed by atoms with Crippen molar-refractivity contribution in [1.29, 1.82) is 0 Å². The highest BCUT2D eigenvalue weighted by atomic mass is 79.9. The topological polar surface area (TPSA) is 41.0 Å². The van der Waals surface area contributed by atoms with Gasteiger partial charge in [0.15, 0.2) is 0 Å². The first-order valence-electron chi connectivity index (χ1n) is 8.78. The first-order valence-corrected chi connectivity index (χ1v) is 9.57. The minimum absolute atomic E-state index is 0.971. The van der Waals surface area contributed by atoms with E-state index >= 15 is 0 Å². The van der Waals surface area contributed by atoms with Gasteiger partial charge in [-0.15, -0.1) is 0 Å². The summed E-state index contributed by atoms with van der Waals surface area (Å²) < 4.78 is 1.01. The summed E-state index contributed by atoms with van der Waals surface area (Å²) in [5, 5.41) is 3.36. The van der Waals surface area contributed by atoms with E-state index in [0.29, 0.717) is 0 Å². The first-order chi connectivity index (χ1) is 12.7. The lowest BCUT2D eigenvalue weighted by atomic mass is 10.2. The second-order valence-corrected chi connectivity index (χ2v) is 6.98. The minimum atomic E-state index is 0.971. The van der Waals surface area contributed by atoms with Crippen LogP contribution in [0.3, 0.4) is 0 Å². The van der Waals surface area contributed by atoms with Crippen molar-refractivity contribution in [3.8, 4) is 11.3 Å². The van der Waals surface area contributed by atoms with Gasteiger partial charge in [0.25, 0.3) is 0 Å². The van der Waals surface area contributed by atoms with Crippen molar-refractivity contribution in [3.05, 3.63) is 77.0 Å². The van der Waals surface area contributed by atoms with Gasteiger partial charge < -0.3 is 10.2 Å². The van der Waals surface area contributed by atoms with Gasteiger partial charge in [-0.25, -0.2) is 4.98 Å². The predicted octanol–water partition coefficient (Wildman–Crippen LogP) is 4.31. The van der Waals surface area contributed by atoms with Crippen molar-refractivity contribution >= 4 is 21.7 Å². The smallest absolute Gasteiger partial charge is 0.129 e. The van der Waals surface area contributed by atoms with E-state index in [1.165, 1.54) is 5.56 Å². The van der Waals surface area contributed by atoms with Crippen LogP contribution in [0.4, 0.5) is 5.82 Å². The Bertz CT molecular complexity index is 803. The van der Waals surface area contributed by atoms with E-state index in [-0.39, 0.29) is 0 Å². The van der Waals surface area contributed by atoms with E-state index in [4.69, 9.17) is 4.98 Å². The molecular weight excluding hydrogens is 388 g/mol. The monoisotopic (exact) mass is 410 g/mol. The molecule has 0 spiro atoms. The highest BCUT2D eigenvalue weighted by Gasteiger charge is 2.14. The van der Waals surface area contributed by atoms with Crippen molar-refractivity contribution in [2.24, 2.45) is 0 Å². The number of aryl methyl sites for hydroxylation is 1. The van der Waals surface area contributed by atoms with Crippen LogP contribution >= 0.6 is 15.9 Å². The number of rotatable bonds is 2. The second-order valence-electron chi connectivity index (χ2n) is 6.13. The first kappa shape index (κ1) is 18.5. The Hall–Kier alpha value is -2.24. The molecule has 5 heteroatoms. The van der Waals surface area contributed by atoms with E-state index in [0.717, 1.165) is 47.7 Å². The molecule has 0 bridgehead atoms. The average Bonchev–Trinajstić information content (AvgIpc) is 2.71. The van der Waals surface area contributed by atoms with Crippen LogP contribution in [0.2, 0.25) is 0 Å². The van der Waals surface area contributed by atoms with Crippen LogP contribution in [0.1, 0.15) is 5.56 Å². The van der Waals surface area contributed by atoms with Crippen LogP contribution < -0.4 is 10.2 Å². The van der Waals surface area contributed by atoms with Crippen molar-refractivity contribution < 1.29 is 0 Å². The van der Waals surface area contributed by atoms with Crippen LogP contribution in [0.15, 0.2) is 71.5 Å². The molecule has 1 saturated heterocycles. The lowest BCUT2D eigenvalue weighted by molar-refractivity contribution is 0.585. The van der Waals surface area contributed by atoms with Gasteiger partial charge in [0.05, 0.1) is 5.69 Å². The van der Waals surface area contributed by atoms with Crippen LogP contribution in [-0.2, 0) is 0 Å². The number of halogens is 1. The van der Waals surface area contributed by atoms with Crippen LogP contribution in [0, 0.1) is 6.92 Å². The highest BCUT2D eigenvalue weighted by molar-refractivity contribution is 9.10. The summed E-state index contributed by atoms with van der Waals surface area (Å²) in [6.07, 6.45) is 3.59. The molecule has 134 valence electrons. The number of nitrogens with zero attached hydrogens (tertiary/aromatic N) is 3. The molecule has 0 aliphatic carbocycles. The number of aromatic nitrogens is 2. The standard InChI is InChI=1S/C14H15BrN4.C7H8/c15-12-1-2-13(19-9-7-17-8-10-19)18-14(12)11-3-5-16-6-4-11;1-7-5-3-2-4-6-7/h1-6,17H,7-10H2;2-6H,1H3. The van der Waals surface area contributed by atoms with Crippen molar-refractivity contribution in [2.45, 2.75) is 6.92 Å². The van der Waals surface area contributed by atoms with Crippen LogP contribution in [0.25, 0.3) is 11.3 Å². The Labute approximate surface area is 163 Å². The van der Waals surface area contributed by atoms with Gasteiger partial charge in [-0.2, -0.15) is 0 Å². The molecule has 0 amide bonds. The van der Waals surface area contributed by atoms with E-state index < -0.39 is 0 Å². The summed E-state index contributed by atoms with van der Waals surface area (Å²) >= 11 is 3.58. The Morgan fingerprint density at radius 1 is 0.923 bits per heavy atom. The second kappa shape index (κ2) is 9.46. The van der Waals surface area contributed by atoms with Gasteiger partial charge in [0.2, 0.25) is 0 Å². The Morgan fingerprint density at radius 3 is 2.23 bits per heavy atom. The normalized spacial score (nSPS) is 13.7. The van der Waals surface area contributed by atoms with Crippen molar-refractivity contribution in [2.75, 3.05) is 31.1 Å². The number of hydrogen-bond donors (Lipinski definition) is 1. The molecule has 4 rings (SSSR count). The maximum Gasteiger partial charge on any atom is 0.129 e. The third-order valence-corrected chi connectivity index (χ3v) is 4.81. The number of piperazine rings is 1. The number of anilines is 1. The van der Waals surface area contributed by atoms with E-state index in [2.05, 4.69) is 62.3 Å². The number of nitrogens with one attached hydrogen (secondary N) is 1. The number of benzene rings is 1. The minimum Gasteiger partial charge on any atom is -0.354 e. The molecule has 0 unspecified atom stereocenters. The molecule has 0 atom stereocenters. The summed E-state index contributed by atoms with van der Waals surface area (Å²) in [5.41, 5.74) is 3.37. The largest absolute Gasteiger partial charge is 0.354 e. The summed E-state index contributed by atoms with van der Waals surface area (Å²) in [6, 6.07) is 18.4. The van der Waals surface area contributed by atoms with Gasteiger partial charge >= 0.3 is 0 Å². The maximum absolute atomic E-state index is 4.79. The van der Waals surface area contributed by atoms with Gasteiger partial charge in [-0.3, -0.25) is 4.98 Å². The Kier molecular flexibility index (Phi) is 6.75. The third-order valence-electron chi connectivity index (χ3n) is 4.17. The predicted molar refractivity (Wildman–Crippen MR) is 111 cm³/mol. The van der Waals surface area contributed by atoms with E-state index in [1.54, 1.807) is 12.4 Å². The molecule has 4 nitrogen and oxygen atoms in total. The third kappa shape index (κ3) is 5.13. The molecular formula is C21H23BrN4. The molecule has 1 aliphatic rings. The molecule has 1 aliphatic heterocycles. The highest BCUT2D eigenvalue weighted by Crippen LogP contribution is 2.28. The van der Waals surface area contributed by atoms with E-state index in [9.17, 15) is 0 Å². The summed E-state index contributed by atoms with van der Waals surface area (Å²) in [6.45, 7) is 6.12. The fourth-order valence-electron chi connectivity index (χ4n) is 2.75. The molecule has 1 N–H and O–H groups in total. The Morgan fingerprint density at radius 2 is 1.62 bits per heavy atom. The summed E-state index contributed by atoms with van der Waals surface area (Å²) in [7, 11) is 0. The fourth-order valence-corrected chi connectivity index (χ4v) is 3.20. The van der Waals surface area contributed by atoms with E-state index in [1.807, 2.05) is 30.3 Å². The van der Waals surface area contributed by atoms with Gasteiger partial charge in [-0.1, -0.05) is 35.9 Å². The van der Waals surface area contributed by atoms with Gasteiger partial charge in [0, 0.05) is 48.6 Å². The summed E-state index contributed by atoms with van der Waals surface area (Å²) in [4.78, 5) is 11.2. The van der Waals surface area contributed by atoms with Crippen molar-refractivity contribution in [3.63, 3.8) is 0 Å².